The van der Waals surface area contributed by atoms with Gasteiger partial charge >= 0.3 is 0 Å². The molecule has 0 spiro atoms. The van der Waals surface area contributed by atoms with Crippen LogP contribution in [0.4, 0.5) is 0 Å². The maximum Gasteiger partial charge on any atom is 0.239 e. The Morgan fingerprint density at radius 1 is 1.12 bits per heavy atom. The van der Waals surface area contributed by atoms with Crippen molar-refractivity contribution in [2.75, 3.05) is 13.1 Å². The van der Waals surface area contributed by atoms with Crippen LogP contribution in [0.3, 0.4) is 0 Å². The van der Waals surface area contributed by atoms with Gasteiger partial charge in [-0.15, -0.1) is 0 Å². The molecule has 17 heavy (non-hydrogen) atoms. The molecule has 3 heteroatoms. The molecule has 0 aromatic carbocycles. The molecule has 1 N–H and O–H groups in total. The van der Waals surface area contributed by atoms with Gasteiger partial charge in [0.05, 0.1) is 6.04 Å². The van der Waals surface area contributed by atoms with Gasteiger partial charge in [-0.25, -0.2) is 0 Å². The predicted octanol–water partition coefficient (Wildman–Crippen LogP) is 2.31. The number of hydrogen-bond donors (Lipinski definition) is 1. The molecule has 0 aromatic heterocycles. The van der Waals surface area contributed by atoms with Gasteiger partial charge in [-0.05, 0) is 39.2 Å². The highest BCUT2D eigenvalue weighted by Crippen LogP contribution is 2.23. The maximum absolute atomic E-state index is 12.5. The zero-order valence-electron chi connectivity index (χ0n) is 11.1. The largest absolute Gasteiger partial charge is 0.339 e. The number of nitrogens with one attached hydrogen (secondary N) is 1. The van der Waals surface area contributed by atoms with Gasteiger partial charge in [0.1, 0.15) is 0 Å². The van der Waals surface area contributed by atoms with Crippen molar-refractivity contribution in [3.63, 3.8) is 0 Å². The van der Waals surface area contributed by atoms with E-state index in [1.54, 1.807) is 0 Å². The van der Waals surface area contributed by atoms with Crippen LogP contribution in [0.15, 0.2) is 0 Å². The number of rotatable bonds is 3. The fourth-order valence-electron chi connectivity index (χ4n) is 3.25. The summed E-state index contributed by atoms with van der Waals surface area (Å²) < 4.78 is 0. The quantitative estimate of drug-likeness (QED) is 0.818. The summed E-state index contributed by atoms with van der Waals surface area (Å²) in [7, 11) is 0. The lowest BCUT2D eigenvalue weighted by Gasteiger charge is -2.37. The molecule has 1 amide bonds. The molecule has 1 heterocycles. The normalized spacial score (nSPS) is 26.8. The molecule has 0 bridgehead atoms. The lowest BCUT2D eigenvalue weighted by molar-refractivity contribution is -0.136. The molecule has 98 valence electrons. The van der Waals surface area contributed by atoms with Crippen LogP contribution < -0.4 is 5.32 Å². The number of amides is 1. The molecule has 3 nitrogen and oxygen atoms in total. The third-order valence-electron chi connectivity index (χ3n) is 4.25. The van der Waals surface area contributed by atoms with Crippen molar-refractivity contribution >= 4 is 5.91 Å². The van der Waals surface area contributed by atoms with Crippen molar-refractivity contribution in [1.29, 1.82) is 0 Å². The Balaban J connectivity index is 1.93. The minimum absolute atomic E-state index is 0.102. The summed E-state index contributed by atoms with van der Waals surface area (Å²) in [5, 5.41) is 3.38. The minimum Gasteiger partial charge on any atom is -0.339 e. The topological polar surface area (TPSA) is 32.3 Å². The Labute approximate surface area is 105 Å². The van der Waals surface area contributed by atoms with Crippen molar-refractivity contribution in [2.45, 2.75) is 70.4 Å². The summed E-state index contributed by atoms with van der Waals surface area (Å²) in [5.74, 6) is 0.360. The molecule has 1 aliphatic heterocycles. The van der Waals surface area contributed by atoms with Gasteiger partial charge < -0.3 is 10.2 Å². The second-order valence-corrected chi connectivity index (χ2v) is 5.42. The van der Waals surface area contributed by atoms with Crippen molar-refractivity contribution in [2.24, 2.45) is 0 Å². The highest BCUT2D eigenvalue weighted by atomic mass is 16.2. The number of hydrogen-bond acceptors (Lipinski definition) is 2. The van der Waals surface area contributed by atoms with E-state index in [9.17, 15) is 4.79 Å². The predicted molar refractivity (Wildman–Crippen MR) is 69.9 cm³/mol. The average Bonchev–Trinajstić information content (AvgIpc) is 2.42. The first-order valence-electron chi connectivity index (χ1n) is 7.36. The van der Waals surface area contributed by atoms with E-state index in [1.165, 1.54) is 44.9 Å². The maximum atomic E-state index is 12.5. The summed E-state index contributed by atoms with van der Waals surface area (Å²) in [6, 6.07) is 0.621. The second-order valence-electron chi connectivity index (χ2n) is 5.42. The molecule has 1 saturated carbocycles. The fourth-order valence-corrected chi connectivity index (χ4v) is 3.25. The molecule has 2 fully saturated rings. The van der Waals surface area contributed by atoms with E-state index in [0.717, 1.165) is 19.5 Å². The molecular formula is C14H26N2O. The van der Waals surface area contributed by atoms with Gasteiger partial charge in [-0.1, -0.05) is 25.7 Å². The van der Waals surface area contributed by atoms with E-state index in [0.29, 0.717) is 11.9 Å². The van der Waals surface area contributed by atoms with Gasteiger partial charge in [-0.2, -0.15) is 0 Å². The molecule has 1 unspecified atom stereocenters. The Morgan fingerprint density at radius 3 is 2.41 bits per heavy atom. The van der Waals surface area contributed by atoms with Crippen LogP contribution in [-0.2, 0) is 4.79 Å². The fraction of sp³-hybridized carbons (Fsp3) is 0.929. The van der Waals surface area contributed by atoms with Crippen molar-refractivity contribution < 1.29 is 4.79 Å². The lowest BCUT2D eigenvalue weighted by atomic mass is 9.93. The minimum atomic E-state index is 0.102. The molecule has 1 atom stereocenters. The third-order valence-corrected chi connectivity index (χ3v) is 4.25. The van der Waals surface area contributed by atoms with E-state index in [4.69, 9.17) is 0 Å². The van der Waals surface area contributed by atoms with E-state index in [1.807, 2.05) is 0 Å². The Hall–Kier alpha value is -0.570. The Kier molecular flexibility index (Phi) is 4.84. The van der Waals surface area contributed by atoms with Crippen LogP contribution in [0.25, 0.3) is 0 Å². The van der Waals surface area contributed by atoms with Crippen LogP contribution in [0, 0.1) is 0 Å². The van der Waals surface area contributed by atoms with E-state index < -0.39 is 0 Å². The highest BCUT2D eigenvalue weighted by Gasteiger charge is 2.29. The molecule has 2 aliphatic rings. The number of piperidine rings is 1. The van der Waals surface area contributed by atoms with E-state index >= 15 is 0 Å². The van der Waals surface area contributed by atoms with Crippen LogP contribution in [-0.4, -0.2) is 36.0 Å². The SMILES string of the molecule is CCN(C(=O)C1CCCCN1)C1CCCCC1. The van der Waals surface area contributed by atoms with Gasteiger partial charge in [0.2, 0.25) is 5.91 Å². The standard InChI is InChI=1S/C14H26N2O/c1-2-16(12-8-4-3-5-9-12)14(17)13-10-6-7-11-15-13/h12-13,15H,2-11H2,1H3. The zero-order valence-corrected chi connectivity index (χ0v) is 11.1. The monoisotopic (exact) mass is 238 g/mol. The van der Waals surface area contributed by atoms with Crippen LogP contribution in [0.2, 0.25) is 0 Å². The summed E-state index contributed by atoms with van der Waals surface area (Å²) in [4.78, 5) is 14.6. The van der Waals surface area contributed by atoms with E-state index in [2.05, 4.69) is 17.1 Å². The van der Waals surface area contributed by atoms with Crippen molar-refractivity contribution in [3.05, 3.63) is 0 Å². The Bertz CT molecular complexity index is 243. The van der Waals surface area contributed by atoms with Crippen LogP contribution >= 0.6 is 0 Å². The Morgan fingerprint density at radius 2 is 1.82 bits per heavy atom. The third kappa shape index (κ3) is 3.21. The average molecular weight is 238 g/mol. The number of nitrogens with zero attached hydrogens (tertiary/aromatic N) is 1. The first-order valence-corrected chi connectivity index (χ1v) is 7.36. The number of carbonyl (C=O) groups excluding carboxylic acids is 1. The summed E-state index contributed by atoms with van der Waals surface area (Å²) >= 11 is 0. The van der Waals surface area contributed by atoms with Gasteiger partial charge in [-0.3, -0.25) is 4.79 Å². The van der Waals surface area contributed by atoms with Crippen LogP contribution in [0.5, 0.6) is 0 Å². The zero-order chi connectivity index (χ0) is 12.1. The number of carbonyl (C=O) groups is 1. The van der Waals surface area contributed by atoms with Gasteiger partial charge in [0.25, 0.3) is 0 Å². The molecule has 0 aromatic rings. The molecule has 0 radical (unpaired) electrons. The van der Waals surface area contributed by atoms with Gasteiger partial charge in [0.15, 0.2) is 0 Å². The van der Waals surface area contributed by atoms with Crippen molar-refractivity contribution in [1.82, 2.24) is 10.2 Å². The molecule has 1 aliphatic carbocycles. The lowest BCUT2D eigenvalue weighted by Crippen LogP contribution is -2.52. The summed E-state index contributed by atoms with van der Waals surface area (Å²) in [5.41, 5.74) is 0. The second kappa shape index (κ2) is 6.39. The summed E-state index contributed by atoms with van der Waals surface area (Å²) in [6.45, 7) is 4.01. The first kappa shape index (κ1) is 12.9. The molecule has 2 rings (SSSR count). The van der Waals surface area contributed by atoms with Crippen molar-refractivity contribution in [3.8, 4) is 0 Å². The van der Waals surface area contributed by atoms with Crippen LogP contribution in [0.1, 0.15) is 58.3 Å². The molecular weight excluding hydrogens is 212 g/mol. The van der Waals surface area contributed by atoms with E-state index in [-0.39, 0.29) is 6.04 Å². The first-order chi connectivity index (χ1) is 8.33. The number of likely N-dealkylation sites (N-methyl/N-ethyl adjacent to an activating group) is 1. The summed E-state index contributed by atoms with van der Waals surface area (Å²) in [6.07, 6.45) is 9.83. The highest BCUT2D eigenvalue weighted by molar-refractivity contribution is 5.82. The smallest absolute Gasteiger partial charge is 0.239 e. The molecule has 1 saturated heterocycles. The van der Waals surface area contributed by atoms with Gasteiger partial charge in [0, 0.05) is 12.6 Å².